The lowest BCUT2D eigenvalue weighted by atomic mass is 9.53. The summed E-state index contributed by atoms with van der Waals surface area (Å²) >= 11 is 0. The molecule has 0 spiro atoms. The number of ether oxygens (including phenoxy) is 1. The van der Waals surface area contributed by atoms with Gasteiger partial charge in [0, 0.05) is 23.0 Å². The number of aliphatic hydroxyl groups is 1. The fourth-order valence-electron chi connectivity index (χ4n) is 4.55. The second kappa shape index (κ2) is 6.07. The molecule has 5 atom stereocenters. The summed E-state index contributed by atoms with van der Waals surface area (Å²) in [5, 5.41) is 10.5. The maximum atomic E-state index is 12.5. The van der Waals surface area contributed by atoms with E-state index in [1.807, 2.05) is 13.8 Å². The molecule has 2 aliphatic carbocycles. The van der Waals surface area contributed by atoms with Gasteiger partial charge < -0.3 is 14.3 Å². The lowest BCUT2D eigenvalue weighted by Crippen LogP contribution is -2.52. The van der Waals surface area contributed by atoms with Crippen LogP contribution in [0.1, 0.15) is 63.5 Å². The molecule has 1 aromatic rings. The SMILES string of the molecule is C/C=C(/C)C(=O)O[C@@H]1c2c(C)coc2C[C@H]2CC[C@@H](O)[C@H](C)[C@]21C. The zero-order chi connectivity index (χ0) is 17.6. The number of aryl methyl sites for hydroxylation is 1. The first-order valence-electron chi connectivity index (χ1n) is 8.89. The van der Waals surface area contributed by atoms with Gasteiger partial charge in [-0.25, -0.2) is 4.79 Å². The van der Waals surface area contributed by atoms with E-state index >= 15 is 0 Å². The molecule has 1 saturated carbocycles. The second-order valence-corrected chi connectivity index (χ2v) is 7.71. The summed E-state index contributed by atoms with van der Waals surface area (Å²) in [4.78, 5) is 12.5. The predicted molar refractivity (Wildman–Crippen MR) is 91.4 cm³/mol. The Bertz CT molecular complexity index is 671. The van der Waals surface area contributed by atoms with Gasteiger partial charge in [0.05, 0.1) is 12.4 Å². The molecule has 2 aliphatic rings. The van der Waals surface area contributed by atoms with E-state index in [4.69, 9.17) is 9.15 Å². The van der Waals surface area contributed by atoms with E-state index in [2.05, 4.69) is 13.8 Å². The predicted octanol–water partition coefficient (Wildman–Crippen LogP) is 4.11. The van der Waals surface area contributed by atoms with Gasteiger partial charge in [0.25, 0.3) is 0 Å². The van der Waals surface area contributed by atoms with Crippen LogP contribution in [-0.2, 0) is 16.0 Å². The van der Waals surface area contributed by atoms with Crippen LogP contribution in [0.15, 0.2) is 22.3 Å². The van der Waals surface area contributed by atoms with Gasteiger partial charge in [-0.1, -0.05) is 19.9 Å². The third-order valence-corrected chi connectivity index (χ3v) is 6.59. The van der Waals surface area contributed by atoms with E-state index in [0.29, 0.717) is 11.5 Å². The molecule has 4 heteroatoms. The molecule has 1 aromatic heterocycles. The maximum absolute atomic E-state index is 12.5. The van der Waals surface area contributed by atoms with E-state index in [1.165, 1.54) is 0 Å². The smallest absolute Gasteiger partial charge is 0.334 e. The van der Waals surface area contributed by atoms with Gasteiger partial charge in [0.1, 0.15) is 11.9 Å². The first-order valence-corrected chi connectivity index (χ1v) is 8.89. The summed E-state index contributed by atoms with van der Waals surface area (Å²) in [5.74, 6) is 1.05. The first kappa shape index (κ1) is 17.3. The Labute approximate surface area is 143 Å². The van der Waals surface area contributed by atoms with Crippen molar-refractivity contribution in [2.75, 3.05) is 0 Å². The zero-order valence-electron chi connectivity index (χ0n) is 15.3. The van der Waals surface area contributed by atoms with Crippen LogP contribution < -0.4 is 0 Å². The minimum absolute atomic E-state index is 0.0578. The van der Waals surface area contributed by atoms with Gasteiger partial charge in [0.15, 0.2) is 0 Å². The van der Waals surface area contributed by atoms with Crippen LogP contribution in [0.4, 0.5) is 0 Å². The molecule has 0 aliphatic heterocycles. The third kappa shape index (κ3) is 2.43. The average molecular weight is 332 g/mol. The molecule has 0 saturated heterocycles. The highest BCUT2D eigenvalue weighted by molar-refractivity contribution is 5.87. The van der Waals surface area contributed by atoms with E-state index in [9.17, 15) is 9.90 Å². The largest absolute Gasteiger partial charge is 0.469 e. The van der Waals surface area contributed by atoms with Crippen LogP contribution >= 0.6 is 0 Å². The van der Waals surface area contributed by atoms with Crippen molar-refractivity contribution in [3.8, 4) is 0 Å². The van der Waals surface area contributed by atoms with Crippen molar-refractivity contribution in [1.29, 1.82) is 0 Å². The number of allylic oxidation sites excluding steroid dienone is 1. The van der Waals surface area contributed by atoms with Crippen molar-refractivity contribution in [3.63, 3.8) is 0 Å². The third-order valence-electron chi connectivity index (χ3n) is 6.59. The highest BCUT2D eigenvalue weighted by Gasteiger charge is 2.56. The van der Waals surface area contributed by atoms with E-state index in [1.54, 1.807) is 19.3 Å². The summed E-state index contributed by atoms with van der Waals surface area (Å²) in [6.07, 6.45) is 5.38. The van der Waals surface area contributed by atoms with Gasteiger partial charge in [0.2, 0.25) is 0 Å². The van der Waals surface area contributed by atoms with Gasteiger partial charge in [-0.3, -0.25) is 0 Å². The van der Waals surface area contributed by atoms with Crippen LogP contribution in [0.25, 0.3) is 0 Å². The number of fused-ring (bicyclic) bond motifs is 2. The second-order valence-electron chi connectivity index (χ2n) is 7.71. The summed E-state index contributed by atoms with van der Waals surface area (Å²) in [5.41, 5.74) is 2.34. The van der Waals surface area contributed by atoms with Gasteiger partial charge >= 0.3 is 5.97 Å². The lowest BCUT2D eigenvalue weighted by molar-refractivity contribution is -0.174. The molecule has 4 nitrogen and oxygen atoms in total. The van der Waals surface area contributed by atoms with Gasteiger partial charge in [-0.2, -0.15) is 0 Å². The van der Waals surface area contributed by atoms with Crippen molar-refractivity contribution in [1.82, 2.24) is 0 Å². The Hall–Kier alpha value is -1.55. The van der Waals surface area contributed by atoms with E-state index in [0.717, 1.165) is 36.1 Å². The van der Waals surface area contributed by atoms with E-state index < -0.39 is 0 Å². The zero-order valence-corrected chi connectivity index (χ0v) is 15.3. The first-order chi connectivity index (χ1) is 11.3. The van der Waals surface area contributed by atoms with Crippen molar-refractivity contribution < 1.29 is 19.1 Å². The number of esters is 1. The molecule has 0 bridgehead atoms. The molecule has 0 aromatic carbocycles. The molecule has 1 N–H and O–H groups in total. The van der Waals surface area contributed by atoms with Crippen LogP contribution in [-0.4, -0.2) is 17.2 Å². The summed E-state index contributed by atoms with van der Waals surface area (Å²) in [6.45, 7) is 9.86. The quantitative estimate of drug-likeness (QED) is 0.654. The lowest BCUT2D eigenvalue weighted by Gasteiger charge is -2.54. The number of carbonyl (C=O) groups is 1. The molecule has 3 rings (SSSR count). The van der Waals surface area contributed by atoms with Crippen molar-refractivity contribution in [2.24, 2.45) is 17.3 Å². The van der Waals surface area contributed by atoms with Crippen LogP contribution in [0, 0.1) is 24.2 Å². The average Bonchev–Trinajstić information content (AvgIpc) is 2.93. The van der Waals surface area contributed by atoms with Crippen LogP contribution in [0.3, 0.4) is 0 Å². The Morgan fingerprint density at radius 1 is 1.46 bits per heavy atom. The summed E-state index contributed by atoms with van der Waals surface area (Å²) in [6, 6.07) is 0. The molecule has 24 heavy (non-hydrogen) atoms. The van der Waals surface area contributed by atoms with Gasteiger partial charge in [-0.15, -0.1) is 0 Å². The van der Waals surface area contributed by atoms with Gasteiger partial charge in [-0.05, 0) is 51.0 Å². The number of furan rings is 1. The Balaban J connectivity index is 2.08. The monoisotopic (exact) mass is 332 g/mol. The Morgan fingerprint density at radius 2 is 2.17 bits per heavy atom. The fourth-order valence-corrected chi connectivity index (χ4v) is 4.55. The molecule has 1 heterocycles. The van der Waals surface area contributed by atoms with Crippen molar-refractivity contribution in [3.05, 3.63) is 34.8 Å². The number of rotatable bonds is 2. The molecule has 0 amide bonds. The minimum Gasteiger partial charge on any atom is -0.469 e. The fraction of sp³-hybridized carbons (Fsp3) is 0.650. The molecular formula is C20H28O4. The maximum Gasteiger partial charge on any atom is 0.334 e. The molecule has 0 unspecified atom stereocenters. The minimum atomic E-state index is -0.377. The number of aliphatic hydroxyl groups excluding tert-OH is 1. The standard InChI is InChI=1S/C20H28O4/c1-6-11(2)19(22)24-18-17-12(3)10-23-16(17)9-14-7-8-15(21)13(4)20(14,18)5/h6,10,13-15,18,21H,7-9H2,1-5H3/b11-6-/t13-,14+,15+,18+,20+/m0/s1. The molecule has 0 radical (unpaired) electrons. The highest BCUT2D eigenvalue weighted by Crippen LogP contribution is 2.59. The van der Waals surface area contributed by atoms with Crippen LogP contribution in [0.5, 0.6) is 0 Å². The molecule has 132 valence electrons. The van der Waals surface area contributed by atoms with Crippen molar-refractivity contribution in [2.45, 2.75) is 66.1 Å². The van der Waals surface area contributed by atoms with Crippen LogP contribution in [0.2, 0.25) is 0 Å². The van der Waals surface area contributed by atoms with E-state index in [-0.39, 0.29) is 29.5 Å². The number of hydrogen-bond donors (Lipinski definition) is 1. The van der Waals surface area contributed by atoms with Crippen molar-refractivity contribution >= 4 is 5.97 Å². The summed E-state index contributed by atoms with van der Waals surface area (Å²) in [7, 11) is 0. The topological polar surface area (TPSA) is 59.7 Å². The Kier molecular flexibility index (Phi) is 4.37. The highest BCUT2D eigenvalue weighted by atomic mass is 16.5. The summed E-state index contributed by atoms with van der Waals surface area (Å²) < 4.78 is 11.8. The normalized spacial score (nSPS) is 36.0. The Morgan fingerprint density at radius 3 is 2.83 bits per heavy atom. The molecular weight excluding hydrogens is 304 g/mol. The molecule has 1 fully saturated rings. The number of carbonyl (C=O) groups excluding carboxylic acids is 1. The number of hydrogen-bond acceptors (Lipinski definition) is 4.